The fourth-order valence-corrected chi connectivity index (χ4v) is 4.11. The van der Waals surface area contributed by atoms with Crippen LogP contribution in [0.3, 0.4) is 0 Å². The molecule has 4 nitrogen and oxygen atoms in total. The molecule has 0 bridgehead atoms. The Morgan fingerprint density at radius 1 is 1.05 bits per heavy atom. The second-order valence-electron chi connectivity index (χ2n) is 7.30. The first kappa shape index (κ1) is 15.3. The number of carbonyl (C=O) groups excluding carboxylic acids is 1. The van der Waals surface area contributed by atoms with Gasteiger partial charge in [-0.2, -0.15) is 0 Å². The highest BCUT2D eigenvalue weighted by Gasteiger charge is 2.36. The molecular weight excluding hydrogens is 264 g/mol. The predicted molar refractivity (Wildman–Crippen MR) is 82.9 cm³/mol. The van der Waals surface area contributed by atoms with Gasteiger partial charge < -0.3 is 10.4 Å². The molecule has 1 heterocycles. The summed E-state index contributed by atoms with van der Waals surface area (Å²) in [5.74, 6) is 1.31. The third-order valence-electron chi connectivity index (χ3n) is 5.57. The van der Waals surface area contributed by atoms with Crippen molar-refractivity contribution in [2.75, 3.05) is 19.6 Å². The van der Waals surface area contributed by atoms with Crippen LogP contribution < -0.4 is 5.32 Å². The lowest BCUT2D eigenvalue weighted by Crippen LogP contribution is -2.51. The van der Waals surface area contributed by atoms with Crippen molar-refractivity contribution >= 4 is 5.91 Å². The number of carbonyl (C=O) groups is 1. The van der Waals surface area contributed by atoms with E-state index in [2.05, 4.69) is 10.2 Å². The minimum absolute atomic E-state index is 0.154. The lowest BCUT2D eigenvalue weighted by atomic mass is 9.78. The largest absolute Gasteiger partial charge is 0.393 e. The van der Waals surface area contributed by atoms with Crippen LogP contribution in [0.15, 0.2) is 0 Å². The summed E-state index contributed by atoms with van der Waals surface area (Å²) < 4.78 is 0. The van der Waals surface area contributed by atoms with Crippen molar-refractivity contribution < 1.29 is 9.90 Å². The molecular formula is C17H30N2O2. The summed E-state index contributed by atoms with van der Waals surface area (Å²) in [6.07, 6.45) is 10.5. The van der Waals surface area contributed by atoms with Gasteiger partial charge in [0, 0.05) is 18.5 Å². The van der Waals surface area contributed by atoms with Gasteiger partial charge in [0.1, 0.15) is 0 Å². The summed E-state index contributed by atoms with van der Waals surface area (Å²) in [6, 6.07) is 0.417. The quantitative estimate of drug-likeness (QED) is 0.814. The van der Waals surface area contributed by atoms with Crippen LogP contribution in [0, 0.1) is 11.8 Å². The molecule has 0 radical (unpaired) electrons. The molecule has 1 amide bonds. The topological polar surface area (TPSA) is 52.6 Å². The fraction of sp³-hybridized carbons (Fsp3) is 0.941. The van der Waals surface area contributed by atoms with Crippen molar-refractivity contribution in [3.63, 3.8) is 0 Å². The number of aliphatic hydroxyl groups excluding tert-OH is 1. The Bertz CT molecular complexity index is 357. The zero-order valence-corrected chi connectivity index (χ0v) is 13.1. The van der Waals surface area contributed by atoms with Crippen LogP contribution in [-0.2, 0) is 4.79 Å². The number of nitrogens with zero attached hydrogens (tertiary/aromatic N) is 1. The third-order valence-corrected chi connectivity index (χ3v) is 5.57. The van der Waals surface area contributed by atoms with E-state index in [9.17, 15) is 9.90 Å². The highest BCUT2D eigenvalue weighted by Crippen LogP contribution is 2.34. The molecule has 3 atom stereocenters. The molecule has 21 heavy (non-hydrogen) atoms. The van der Waals surface area contributed by atoms with Gasteiger partial charge in [-0.3, -0.25) is 9.69 Å². The summed E-state index contributed by atoms with van der Waals surface area (Å²) in [6.45, 7) is 2.41. The predicted octanol–water partition coefficient (Wildman–Crippen LogP) is 1.92. The highest BCUT2D eigenvalue weighted by atomic mass is 16.3. The first-order valence-corrected chi connectivity index (χ1v) is 8.93. The average Bonchev–Trinajstić information content (AvgIpc) is 3.31. The summed E-state index contributed by atoms with van der Waals surface area (Å²) in [5, 5.41) is 13.4. The second kappa shape index (κ2) is 7.10. The van der Waals surface area contributed by atoms with Gasteiger partial charge in [-0.25, -0.2) is 0 Å². The Labute approximate surface area is 128 Å². The van der Waals surface area contributed by atoms with E-state index in [1.165, 1.54) is 32.1 Å². The van der Waals surface area contributed by atoms with Gasteiger partial charge >= 0.3 is 0 Å². The third kappa shape index (κ3) is 4.19. The van der Waals surface area contributed by atoms with E-state index >= 15 is 0 Å². The lowest BCUT2D eigenvalue weighted by Gasteiger charge is -2.43. The van der Waals surface area contributed by atoms with Gasteiger partial charge in [-0.05, 0) is 51.0 Å². The van der Waals surface area contributed by atoms with Crippen molar-refractivity contribution in [2.24, 2.45) is 11.8 Å². The van der Waals surface area contributed by atoms with Gasteiger partial charge in [0.05, 0.1) is 12.6 Å². The first-order valence-electron chi connectivity index (χ1n) is 8.93. The molecule has 3 fully saturated rings. The Morgan fingerprint density at radius 2 is 1.81 bits per heavy atom. The number of likely N-dealkylation sites (tertiary alicyclic amines) is 1. The Kier molecular flexibility index (Phi) is 5.17. The van der Waals surface area contributed by atoms with Crippen LogP contribution in [0.25, 0.3) is 0 Å². The molecule has 120 valence electrons. The minimum Gasteiger partial charge on any atom is -0.393 e. The standard InChI is InChI=1S/C17H30N2O2/c20-16-7-2-1-5-14(16)15-6-3-4-10-19(15)12-17(21)18-11-13-8-9-13/h13-16,20H,1-12H2,(H,18,21). The number of hydrogen-bond donors (Lipinski definition) is 2. The highest BCUT2D eigenvalue weighted by molar-refractivity contribution is 5.78. The van der Waals surface area contributed by atoms with E-state index < -0.39 is 0 Å². The van der Waals surface area contributed by atoms with Gasteiger partial charge in [0.15, 0.2) is 0 Å². The first-order chi connectivity index (χ1) is 10.2. The average molecular weight is 294 g/mol. The zero-order valence-electron chi connectivity index (χ0n) is 13.1. The number of amides is 1. The SMILES string of the molecule is O=C(CN1CCCCC1C1CCCCC1O)NCC1CC1. The molecule has 0 aromatic rings. The van der Waals surface area contributed by atoms with Gasteiger partial charge in [0.2, 0.25) is 5.91 Å². The van der Waals surface area contributed by atoms with E-state index in [-0.39, 0.29) is 12.0 Å². The fourth-order valence-electron chi connectivity index (χ4n) is 4.11. The molecule has 0 aromatic heterocycles. The molecule has 3 rings (SSSR count). The summed E-state index contributed by atoms with van der Waals surface area (Å²) in [4.78, 5) is 14.5. The van der Waals surface area contributed by atoms with Crippen molar-refractivity contribution in [1.82, 2.24) is 10.2 Å². The Hall–Kier alpha value is -0.610. The number of aliphatic hydroxyl groups is 1. The monoisotopic (exact) mass is 294 g/mol. The van der Waals surface area contributed by atoms with E-state index in [0.717, 1.165) is 44.7 Å². The molecule has 3 aliphatic rings. The smallest absolute Gasteiger partial charge is 0.234 e. The van der Waals surface area contributed by atoms with Gasteiger partial charge in [-0.15, -0.1) is 0 Å². The minimum atomic E-state index is -0.154. The van der Waals surface area contributed by atoms with Crippen molar-refractivity contribution in [1.29, 1.82) is 0 Å². The van der Waals surface area contributed by atoms with Crippen LogP contribution in [-0.4, -0.2) is 47.7 Å². The van der Waals surface area contributed by atoms with E-state index in [0.29, 0.717) is 18.5 Å². The maximum atomic E-state index is 12.1. The molecule has 3 unspecified atom stereocenters. The zero-order chi connectivity index (χ0) is 14.7. The molecule has 2 saturated carbocycles. The Balaban J connectivity index is 1.53. The van der Waals surface area contributed by atoms with Crippen molar-refractivity contribution in [3.8, 4) is 0 Å². The van der Waals surface area contributed by atoms with Crippen LogP contribution in [0.5, 0.6) is 0 Å². The van der Waals surface area contributed by atoms with Crippen molar-refractivity contribution in [3.05, 3.63) is 0 Å². The second-order valence-corrected chi connectivity index (χ2v) is 7.30. The molecule has 4 heteroatoms. The lowest BCUT2D eigenvalue weighted by molar-refractivity contribution is -0.124. The van der Waals surface area contributed by atoms with Crippen LogP contribution in [0.4, 0.5) is 0 Å². The summed E-state index contributed by atoms with van der Waals surface area (Å²) >= 11 is 0. The van der Waals surface area contributed by atoms with Gasteiger partial charge in [-0.1, -0.05) is 19.3 Å². The van der Waals surface area contributed by atoms with Crippen LogP contribution >= 0.6 is 0 Å². The molecule has 2 N–H and O–H groups in total. The molecule has 2 aliphatic carbocycles. The molecule has 1 aliphatic heterocycles. The molecule has 1 saturated heterocycles. The number of rotatable bonds is 5. The normalized spacial score (nSPS) is 34.6. The summed E-state index contributed by atoms with van der Waals surface area (Å²) in [7, 11) is 0. The number of piperidine rings is 1. The molecule has 0 aromatic carbocycles. The Morgan fingerprint density at radius 3 is 2.57 bits per heavy atom. The number of nitrogens with one attached hydrogen (secondary N) is 1. The van der Waals surface area contributed by atoms with E-state index in [4.69, 9.17) is 0 Å². The van der Waals surface area contributed by atoms with E-state index in [1.54, 1.807) is 0 Å². The maximum Gasteiger partial charge on any atom is 0.234 e. The molecule has 0 spiro atoms. The number of hydrogen-bond acceptors (Lipinski definition) is 3. The van der Waals surface area contributed by atoms with Crippen LogP contribution in [0.1, 0.15) is 57.8 Å². The van der Waals surface area contributed by atoms with E-state index in [1.807, 2.05) is 0 Å². The van der Waals surface area contributed by atoms with Crippen LogP contribution in [0.2, 0.25) is 0 Å². The van der Waals surface area contributed by atoms with Gasteiger partial charge in [0.25, 0.3) is 0 Å². The maximum absolute atomic E-state index is 12.1. The van der Waals surface area contributed by atoms with Crippen molar-refractivity contribution in [2.45, 2.75) is 69.9 Å². The summed E-state index contributed by atoms with van der Waals surface area (Å²) in [5.41, 5.74) is 0.